The number of esters is 1. The van der Waals surface area contributed by atoms with E-state index in [2.05, 4.69) is 5.32 Å². The van der Waals surface area contributed by atoms with E-state index in [0.717, 1.165) is 21.6 Å². The third-order valence-electron chi connectivity index (χ3n) is 6.00. The molecule has 0 bridgehead atoms. The summed E-state index contributed by atoms with van der Waals surface area (Å²) in [5.41, 5.74) is 2.85. The summed E-state index contributed by atoms with van der Waals surface area (Å²) in [4.78, 5) is 27.1. The smallest absolute Gasteiger partial charge is 0.341 e. The predicted molar refractivity (Wildman–Crippen MR) is 123 cm³/mol. The number of fused-ring (bicyclic) bond motifs is 3. The molecular formula is C24H29NO6S. The van der Waals surface area contributed by atoms with Crippen molar-refractivity contribution in [3.05, 3.63) is 28.1 Å². The van der Waals surface area contributed by atoms with Crippen molar-refractivity contribution in [1.29, 1.82) is 0 Å². The van der Waals surface area contributed by atoms with Crippen LogP contribution in [0.25, 0.3) is 11.1 Å². The summed E-state index contributed by atoms with van der Waals surface area (Å²) >= 11 is 1.43. The molecule has 1 atom stereocenters. The van der Waals surface area contributed by atoms with Crippen molar-refractivity contribution in [3.63, 3.8) is 0 Å². The molecule has 0 spiro atoms. The first-order valence-corrected chi connectivity index (χ1v) is 11.6. The molecular weight excluding hydrogens is 430 g/mol. The van der Waals surface area contributed by atoms with Gasteiger partial charge in [0.2, 0.25) is 5.91 Å². The Hall–Kier alpha value is -2.58. The molecule has 1 aromatic heterocycles. The minimum atomic E-state index is -0.435. The van der Waals surface area contributed by atoms with Crippen molar-refractivity contribution in [2.24, 2.45) is 5.92 Å². The van der Waals surface area contributed by atoms with Crippen molar-refractivity contribution in [1.82, 2.24) is 0 Å². The van der Waals surface area contributed by atoms with E-state index in [4.69, 9.17) is 18.9 Å². The lowest BCUT2D eigenvalue weighted by atomic mass is 9.88. The van der Waals surface area contributed by atoms with E-state index in [1.807, 2.05) is 26.0 Å². The Morgan fingerprint density at radius 2 is 1.94 bits per heavy atom. The Bertz CT molecular complexity index is 1060. The molecule has 1 aromatic carbocycles. The molecule has 1 aliphatic heterocycles. The average molecular weight is 460 g/mol. The minimum absolute atomic E-state index is 0.0839. The van der Waals surface area contributed by atoms with Gasteiger partial charge in [-0.2, -0.15) is 0 Å². The van der Waals surface area contributed by atoms with Crippen LogP contribution < -0.4 is 14.8 Å². The second kappa shape index (κ2) is 8.75. The molecule has 1 N–H and O–H groups in total. The average Bonchev–Trinajstić information content (AvgIpc) is 3.26. The highest BCUT2D eigenvalue weighted by atomic mass is 32.1. The molecule has 32 heavy (non-hydrogen) atoms. The van der Waals surface area contributed by atoms with Crippen LogP contribution in [0.5, 0.6) is 11.5 Å². The van der Waals surface area contributed by atoms with Crippen LogP contribution in [0.3, 0.4) is 0 Å². The zero-order valence-electron chi connectivity index (χ0n) is 19.1. The summed E-state index contributed by atoms with van der Waals surface area (Å²) in [5, 5.41) is 3.58. The van der Waals surface area contributed by atoms with Crippen molar-refractivity contribution in [3.8, 4) is 22.6 Å². The molecule has 1 unspecified atom stereocenters. The molecule has 1 amide bonds. The molecule has 2 aliphatic rings. The number of anilines is 1. The lowest BCUT2D eigenvalue weighted by Crippen LogP contribution is -2.39. The second-order valence-electron chi connectivity index (χ2n) is 8.65. The number of amides is 1. The zero-order valence-corrected chi connectivity index (χ0v) is 19.9. The first-order chi connectivity index (χ1) is 15.3. The second-order valence-corrected chi connectivity index (χ2v) is 9.76. The highest BCUT2D eigenvalue weighted by molar-refractivity contribution is 7.17. The monoisotopic (exact) mass is 459 g/mol. The number of benzene rings is 1. The first kappa shape index (κ1) is 22.6. The molecule has 7 nitrogen and oxygen atoms in total. The van der Waals surface area contributed by atoms with Gasteiger partial charge in [-0.05, 0) is 56.9 Å². The third kappa shape index (κ3) is 4.09. The van der Waals surface area contributed by atoms with Crippen molar-refractivity contribution >= 4 is 28.2 Å². The number of hydrogen-bond acceptors (Lipinski definition) is 7. The SMILES string of the molecule is CCOC(=O)c1c(NC(=O)C2CCOC(C)(C)C2)sc2c1-c1cc(OC)c(OC)cc1C2. The topological polar surface area (TPSA) is 83.1 Å². The summed E-state index contributed by atoms with van der Waals surface area (Å²) < 4.78 is 22.0. The Labute approximate surface area is 192 Å². The summed E-state index contributed by atoms with van der Waals surface area (Å²) in [7, 11) is 3.19. The molecule has 1 aliphatic carbocycles. The number of rotatable bonds is 6. The molecule has 2 heterocycles. The van der Waals surface area contributed by atoms with E-state index < -0.39 is 5.97 Å². The number of thiophene rings is 1. The third-order valence-corrected chi connectivity index (χ3v) is 7.10. The molecule has 8 heteroatoms. The maximum Gasteiger partial charge on any atom is 0.341 e. The Morgan fingerprint density at radius 3 is 2.59 bits per heavy atom. The number of nitrogens with one attached hydrogen (secondary N) is 1. The number of hydrogen-bond donors (Lipinski definition) is 1. The molecule has 0 radical (unpaired) electrons. The van der Waals surface area contributed by atoms with Crippen LogP contribution in [0.1, 0.15) is 54.4 Å². The van der Waals surface area contributed by atoms with E-state index >= 15 is 0 Å². The Balaban J connectivity index is 1.72. The van der Waals surface area contributed by atoms with Crippen LogP contribution in [0.2, 0.25) is 0 Å². The molecule has 0 saturated carbocycles. The number of methoxy groups -OCH3 is 2. The number of carbonyl (C=O) groups is 2. The first-order valence-electron chi connectivity index (χ1n) is 10.8. The van der Waals surface area contributed by atoms with Gasteiger partial charge in [-0.15, -0.1) is 11.3 Å². The fourth-order valence-electron chi connectivity index (χ4n) is 4.52. The van der Waals surface area contributed by atoms with E-state index in [1.165, 1.54) is 11.3 Å². The summed E-state index contributed by atoms with van der Waals surface area (Å²) in [5.74, 6) is 0.557. The van der Waals surface area contributed by atoms with Crippen LogP contribution in [0, 0.1) is 5.92 Å². The standard InChI is InChI=1S/C24H29NO6S/c1-6-30-23(27)20-19-15-11-17(29-5)16(28-4)9-14(15)10-18(19)32-22(20)25-21(26)13-7-8-31-24(2,3)12-13/h9,11,13H,6-8,10,12H2,1-5H3,(H,25,26). The lowest BCUT2D eigenvalue weighted by Gasteiger charge is -2.34. The van der Waals surface area contributed by atoms with Gasteiger partial charge in [-0.25, -0.2) is 4.79 Å². The Morgan fingerprint density at radius 1 is 1.22 bits per heavy atom. The van der Waals surface area contributed by atoms with Gasteiger partial charge in [-0.1, -0.05) is 0 Å². The van der Waals surface area contributed by atoms with Crippen LogP contribution in [-0.2, 0) is 20.7 Å². The molecule has 4 rings (SSSR count). The fraction of sp³-hybridized carbons (Fsp3) is 0.500. The van der Waals surface area contributed by atoms with E-state index in [1.54, 1.807) is 21.1 Å². The van der Waals surface area contributed by atoms with Gasteiger partial charge in [0, 0.05) is 29.4 Å². The maximum absolute atomic E-state index is 13.1. The maximum atomic E-state index is 13.1. The van der Waals surface area contributed by atoms with Crippen LogP contribution in [0.4, 0.5) is 5.00 Å². The molecule has 172 valence electrons. The fourth-order valence-corrected chi connectivity index (χ4v) is 5.74. The quantitative estimate of drug-likeness (QED) is 0.540. The summed E-state index contributed by atoms with van der Waals surface area (Å²) in [6.07, 6.45) is 1.95. The van der Waals surface area contributed by atoms with E-state index in [0.29, 0.717) is 47.9 Å². The summed E-state index contributed by atoms with van der Waals surface area (Å²) in [6.45, 7) is 6.56. The molecule has 2 aromatic rings. The van der Waals surface area contributed by atoms with Gasteiger partial charge >= 0.3 is 5.97 Å². The van der Waals surface area contributed by atoms with Gasteiger partial charge in [0.05, 0.1) is 26.4 Å². The van der Waals surface area contributed by atoms with Crippen molar-refractivity contribution < 1.29 is 28.5 Å². The number of carbonyl (C=O) groups excluding carboxylic acids is 2. The van der Waals surface area contributed by atoms with Crippen molar-refractivity contribution in [2.45, 2.75) is 45.6 Å². The van der Waals surface area contributed by atoms with Gasteiger partial charge in [0.15, 0.2) is 11.5 Å². The highest BCUT2D eigenvalue weighted by Gasteiger charge is 2.36. The van der Waals surface area contributed by atoms with Crippen LogP contribution in [-0.4, -0.2) is 44.9 Å². The number of ether oxygens (including phenoxy) is 4. The molecule has 1 saturated heterocycles. The normalized spacial score (nSPS) is 18.5. The van der Waals surface area contributed by atoms with Crippen molar-refractivity contribution in [2.75, 3.05) is 32.8 Å². The predicted octanol–water partition coefficient (Wildman–Crippen LogP) is 4.66. The minimum Gasteiger partial charge on any atom is -0.493 e. The lowest BCUT2D eigenvalue weighted by molar-refractivity contribution is -0.130. The molecule has 1 fully saturated rings. The van der Waals surface area contributed by atoms with Gasteiger partial charge in [0.25, 0.3) is 0 Å². The zero-order chi connectivity index (χ0) is 23.0. The van der Waals surface area contributed by atoms with Crippen LogP contribution in [0.15, 0.2) is 12.1 Å². The van der Waals surface area contributed by atoms with Gasteiger partial charge in [-0.3, -0.25) is 4.79 Å². The van der Waals surface area contributed by atoms with Gasteiger partial charge < -0.3 is 24.3 Å². The van der Waals surface area contributed by atoms with E-state index in [9.17, 15) is 9.59 Å². The van der Waals surface area contributed by atoms with Crippen LogP contribution >= 0.6 is 11.3 Å². The largest absolute Gasteiger partial charge is 0.493 e. The van der Waals surface area contributed by atoms with Gasteiger partial charge in [0.1, 0.15) is 10.6 Å². The Kier molecular flexibility index (Phi) is 6.18. The highest BCUT2D eigenvalue weighted by Crippen LogP contribution is 2.50. The summed E-state index contributed by atoms with van der Waals surface area (Å²) in [6, 6.07) is 3.83. The van der Waals surface area contributed by atoms with E-state index in [-0.39, 0.29) is 24.0 Å².